The van der Waals surface area contributed by atoms with E-state index in [1.807, 2.05) is 0 Å². The molecule has 2 fully saturated rings. The zero-order chi connectivity index (χ0) is 22.0. The number of benzene rings is 2. The minimum Gasteiger partial charge on any atom is -0.490 e. The number of carbonyl (C=O) groups is 1. The maximum Gasteiger partial charge on any atom is 0.420 e. The highest BCUT2D eigenvalue weighted by Crippen LogP contribution is 2.46. The second kappa shape index (κ2) is 8.81. The molecule has 0 spiro atoms. The molecule has 4 rings (SSSR count). The molecule has 3 unspecified atom stereocenters. The topological polar surface area (TPSA) is 55.8 Å². The summed E-state index contributed by atoms with van der Waals surface area (Å²) in [6, 6.07) is 10.3. The molecule has 166 valence electrons. The van der Waals surface area contributed by atoms with Crippen LogP contribution in [0.4, 0.5) is 13.2 Å². The van der Waals surface area contributed by atoms with Gasteiger partial charge in [-0.25, -0.2) is 0 Å². The third-order valence-corrected chi connectivity index (χ3v) is 6.32. The van der Waals surface area contributed by atoms with Crippen LogP contribution in [0.5, 0.6) is 17.2 Å². The summed E-state index contributed by atoms with van der Waals surface area (Å²) >= 11 is 0. The first-order valence-corrected chi connectivity index (χ1v) is 10.7. The van der Waals surface area contributed by atoms with E-state index in [9.17, 15) is 18.0 Å². The fraction of sp³-hybridized carbons (Fsp3) is 0.458. The highest BCUT2D eigenvalue weighted by molar-refractivity contribution is 5.67. The van der Waals surface area contributed by atoms with Crippen molar-refractivity contribution in [1.82, 2.24) is 0 Å². The Balaban J connectivity index is 1.52. The molecule has 2 aromatic rings. The molecule has 0 amide bonds. The highest BCUT2D eigenvalue weighted by atomic mass is 19.4. The van der Waals surface area contributed by atoms with Crippen molar-refractivity contribution in [1.29, 1.82) is 0 Å². The molecule has 0 aromatic heterocycles. The van der Waals surface area contributed by atoms with E-state index >= 15 is 0 Å². The van der Waals surface area contributed by atoms with E-state index in [4.69, 9.17) is 14.6 Å². The van der Waals surface area contributed by atoms with E-state index in [1.165, 1.54) is 25.0 Å². The van der Waals surface area contributed by atoms with Gasteiger partial charge in [0.15, 0.2) is 0 Å². The van der Waals surface area contributed by atoms with Crippen LogP contribution in [0.1, 0.15) is 49.7 Å². The lowest BCUT2D eigenvalue weighted by Crippen LogP contribution is -2.22. The van der Waals surface area contributed by atoms with Crippen LogP contribution in [0.15, 0.2) is 42.5 Å². The summed E-state index contributed by atoms with van der Waals surface area (Å²) in [7, 11) is 0. The summed E-state index contributed by atoms with van der Waals surface area (Å²) in [6.07, 6.45) is 1.01. The van der Waals surface area contributed by atoms with Crippen LogP contribution < -0.4 is 9.47 Å². The lowest BCUT2D eigenvalue weighted by atomic mass is 9.99. The van der Waals surface area contributed by atoms with E-state index in [0.717, 1.165) is 25.3 Å². The number of aryl methyl sites for hydroxylation is 1. The van der Waals surface area contributed by atoms with Gasteiger partial charge in [0.1, 0.15) is 28.9 Å². The maximum atomic E-state index is 13.7. The first-order chi connectivity index (χ1) is 14.8. The van der Waals surface area contributed by atoms with Gasteiger partial charge in [-0.05, 0) is 73.4 Å². The molecule has 7 heteroatoms. The number of alkyl halides is 3. The number of hydrogen-bond acceptors (Lipinski definition) is 3. The van der Waals surface area contributed by atoms with Crippen molar-refractivity contribution in [3.05, 3.63) is 53.6 Å². The SMILES string of the molecule is O=C(O)CCc1cccc(Oc2ccc(OC3CCC4CCCC43)cc2C(F)(F)F)c1. The van der Waals surface area contributed by atoms with Crippen molar-refractivity contribution in [2.75, 3.05) is 0 Å². The summed E-state index contributed by atoms with van der Waals surface area (Å²) in [5.74, 6) is 0.286. The largest absolute Gasteiger partial charge is 0.490 e. The summed E-state index contributed by atoms with van der Waals surface area (Å²) in [5, 5.41) is 8.82. The highest BCUT2D eigenvalue weighted by Gasteiger charge is 2.41. The summed E-state index contributed by atoms with van der Waals surface area (Å²) in [4.78, 5) is 10.8. The molecular weight excluding hydrogens is 409 g/mol. The Morgan fingerprint density at radius 3 is 2.65 bits per heavy atom. The van der Waals surface area contributed by atoms with Crippen LogP contribution in [-0.4, -0.2) is 17.2 Å². The molecule has 2 aromatic carbocycles. The molecule has 2 aliphatic rings. The Morgan fingerprint density at radius 2 is 1.87 bits per heavy atom. The lowest BCUT2D eigenvalue weighted by molar-refractivity contribution is -0.139. The Labute approximate surface area is 179 Å². The van der Waals surface area contributed by atoms with E-state index in [0.29, 0.717) is 17.4 Å². The molecule has 4 nitrogen and oxygen atoms in total. The van der Waals surface area contributed by atoms with E-state index in [2.05, 4.69) is 0 Å². The van der Waals surface area contributed by atoms with Crippen molar-refractivity contribution >= 4 is 5.97 Å². The van der Waals surface area contributed by atoms with Gasteiger partial charge < -0.3 is 14.6 Å². The smallest absolute Gasteiger partial charge is 0.420 e. The predicted molar refractivity (Wildman–Crippen MR) is 108 cm³/mol. The number of hydrogen-bond donors (Lipinski definition) is 1. The lowest BCUT2D eigenvalue weighted by Gasteiger charge is -2.22. The Kier molecular flexibility index (Phi) is 6.12. The van der Waals surface area contributed by atoms with Gasteiger partial charge in [-0.15, -0.1) is 0 Å². The Bertz CT molecular complexity index is 941. The molecule has 3 atom stereocenters. The molecule has 0 radical (unpaired) electrons. The molecule has 0 heterocycles. The molecular formula is C24H25F3O4. The first kappa shape index (κ1) is 21.5. The second-order valence-electron chi connectivity index (χ2n) is 8.39. The number of halogens is 3. The van der Waals surface area contributed by atoms with Crippen molar-refractivity contribution in [2.24, 2.45) is 11.8 Å². The normalized spacial score (nSPS) is 22.9. The number of carboxylic acid groups (broad SMARTS) is 1. The van der Waals surface area contributed by atoms with Crippen LogP contribution >= 0.6 is 0 Å². The average molecular weight is 434 g/mol. The van der Waals surface area contributed by atoms with Crippen LogP contribution in [0.3, 0.4) is 0 Å². The van der Waals surface area contributed by atoms with Crippen molar-refractivity contribution in [2.45, 2.75) is 57.2 Å². The summed E-state index contributed by atoms with van der Waals surface area (Å²) in [6.45, 7) is 0. The fourth-order valence-electron chi connectivity index (χ4n) is 4.86. The quantitative estimate of drug-likeness (QED) is 0.542. The third-order valence-electron chi connectivity index (χ3n) is 6.32. The van der Waals surface area contributed by atoms with E-state index < -0.39 is 17.7 Å². The zero-order valence-corrected chi connectivity index (χ0v) is 17.0. The minimum absolute atomic E-state index is 0.0220. The van der Waals surface area contributed by atoms with Gasteiger partial charge in [0, 0.05) is 6.42 Å². The fourth-order valence-corrected chi connectivity index (χ4v) is 4.86. The third kappa shape index (κ3) is 5.14. The van der Waals surface area contributed by atoms with Gasteiger partial charge in [-0.3, -0.25) is 4.79 Å². The number of carboxylic acids is 1. The van der Waals surface area contributed by atoms with Gasteiger partial charge >= 0.3 is 12.1 Å². The number of ether oxygens (including phenoxy) is 2. The van der Waals surface area contributed by atoms with Gasteiger partial charge in [-0.2, -0.15) is 13.2 Å². The summed E-state index contributed by atoms with van der Waals surface area (Å²) < 4.78 is 52.8. The van der Waals surface area contributed by atoms with Crippen molar-refractivity contribution in [3.63, 3.8) is 0 Å². The van der Waals surface area contributed by atoms with Crippen molar-refractivity contribution < 1.29 is 32.5 Å². The van der Waals surface area contributed by atoms with Gasteiger partial charge in [-0.1, -0.05) is 25.0 Å². The zero-order valence-electron chi connectivity index (χ0n) is 17.0. The van der Waals surface area contributed by atoms with Crippen LogP contribution in [0.2, 0.25) is 0 Å². The van der Waals surface area contributed by atoms with Crippen LogP contribution in [-0.2, 0) is 17.4 Å². The van der Waals surface area contributed by atoms with E-state index in [-0.39, 0.29) is 36.2 Å². The van der Waals surface area contributed by atoms with Gasteiger partial charge in [0.2, 0.25) is 0 Å². The molecule has 0 aliphatic heterocycles. The Hall–Kier alpha value is -2.70. The van der Waals surface area contributed by atoms with Crippen LogP contribution in [0.25, 0.3) is 0 Å². The van der Waals surface area contributed by atoms with Gasteiger partial charge in [0.05, 0.1) is 0 Å². The summed E-state index contributed by atoms with van der Waals surface area (Å²) in [5.41, 5.74) is -0.206. The Morgan fingerprint density at radius 1 is 1.03 bits per heavy atom. The number of fused-ring (bicyclic) bond motifs is 1. The van der Waals surface area contributed by atoms with Crippen molar-refractivity contribution in [3.8, 4) is 17.2 Å². The monoisotopic (exact) mass is 434 g/mol. The molecule has 2 saturated carbocycles. The number of aliphatic carboxylic acids is 1. The predicted octanol–water partition coefficient (Wildman–Crippen LogP) is 6.47. The average Bonchev–Trinajstić information content (AvgIpc) is 3.32. The second-order valence-corrected chi connectivity index (χ2v) is 8.39. The molecule has 0 saturated heterocycles. The minimum atomic E-state index is -4.60. The molecule has 1 N–H and O–H groups in total. The molecule has 2 aliphatic carbocycles. The maximum absolute atomic E-state index is 13.7. The van der Waals surface area contributed by atoms with Crippen LogP contribution in [0, 0.1) is 11.8 Å². The first-order valence-electron chi connectivity index (χ1n) is 10.7. The molecule has 0 bridgehead atoms. The molecule has 31 heavy (non-hydrogen) atoms. The van der Waals surface area contributed by atoms with E-state index in [1.54, 1.807) is 24.3 Å². The van der Waals surface area contributed by atoms with Gasteiger partial charge in [0.25, 0.3) is 0 Å². The standard InChI is InChI=1S/C24H25F3O4/c25-24(26,27)20-14-18(30-21-10-8-16-4-2-6-19(16)21)9-11-22(20)31-17-5-1-3-15(13-17)7-12-23(28)29/h1,3,5,9,11,13-14,16,19,21H,2,4,6-8,10,12H2,(H,28,29). The number of rotatable bonds is 7.